The third-order valence-corrected chi connectivity index (χ3v) is 3.14. The van der Waals surface area contributed by atoms with Crippen molar-refractivity contribution in [3.05, 3.63) is 59.9 Å². The first-order valence-electron chi connectivity index (χ1n) is 7.40. The second kappa shape index (κ2) is 8.67. The maximum Gasteiger partial charge on any atom is 0.315 e. The number of carbonyl (C=O) groups is 1. The van der Waals surface area contributed by atoms with Gasteiger partial charge in [0.2, 0.25) is 0 Å². The van der Waals surface area contributed by atoms with Gasteiger partial charge >= 0.3 is 6.03 Å². The number of hydrogen-bond acceptors (Lipinski definition) is 3. The molecule has 5 nitrogen and oxygen atoms in total. The Kier molecular flexibility index (Phi) is 6.23. The Morgan fingerprint density at radius 1 is 1.18 bits per heavy atom. The third kappa shape index (κ3) is 5.44. The Morgan fingerprint density at radius 2 is 2.05 bits per heavy atom. The first-order valence-corrected chi connectivity index (χ1v) is 7.40. The molecule has 0 radical (unpaired) electrons. The Morgan fingerprint density at radius 3 is 2.82 bits per heavy atom. The molecule has 1 aromatic carbocycles. The van der Waals surface area contributed by atoms with Gasteiger partial charge < -0.3 is 15.4 Å². The second-order valence-electron chi connectivity index (χ2n) is 4.82. The van der Waals surface area contributed by atoms with E-state index in [1.165, 1.54) is 5.56 Å². The minimum atomic E-state index is -0.213. The molecule has 2 N–H and O–H groups in total. The van der Waals surface area contributed by atoms with Crippen LogP contribution in [0.5, 0.6) is 5.75 Å². The van der Waals surface area contributed by atoms with Gasteiger partial charge in [0.05, 0.1) is 6.54 Å². The molecule has 2 aromatic rings. The van der Waals surface area contributed by atoms with Crippen LogP contribution in [0, 0.1) is 0 Å². The number of aryl methyl sites for hydroxylation is 1. The number of rotatable bonds is 7. The molecular weight excluding hydrogens is 278 g/mol. The van der Waals surface area contributed by atoms with Crippen molar-refractivity contribution >= 4 is 6.03 Å². The summed E-state index contributed by atoms with van der Waals surface area (Å²) < 4.78 is 5.61. The van der Waals surface area contributed by atoms with Crippen LogP contribution in [0.2, 0.25) is 0 Å². The zero-order valence-corrected chi connectivity index (χ0v) is 12.7. The van der Waals surface area contributed by atoms with E-state index in [1.807, 2.05) is 30.3 Å². The number of amides is 2. The molecule has 1 aromatic heterocycles. The van der Waals surface area contributed by atoms with Crippen molar-refractivity contribution in [1.82, 2.24) is 15.6 Å². The van der Waals surface area contributed by atoms with Crippen LogP contribution in [-0.4, -0.2) is 24.2 Å². The van der Waals surface area contributed by atoms with Crippen LogP contribution in [0.15, 0.2) is 48.8 Å². The van der Waals surface area contributed by atoms with E-state index in [1.54, 1.807) is 12.4 Å². The van der Waals surface area contributed by atoms with E-state index >= 15 is 0 Å². The number of urea groups is 1. The molecule has 0 aliphatic rings. The predicted molar refractivity (Wildman–Crippen MR) is 85.8 cm³/mol. The van der Waals surface area contributed by atoms with Crippen molar-refractivity contribution in [3.8, 4) is 5.75 Å². The molecule has 0 bridgehead atoms. The molecular formula is C17H21N3O2. The predicted octanol–water partition coefficient (Wildman–Crippen LogP) is 2.52. The summed E-state index contributed by atoms with van der Waals surface area (Å²) in [6.45, 7) is 3.45. The fourth-order valence-electron chi connectivity index (χ4n) is 1.94. The van der Waals surface area contributed by atoms with Gasteiger partial charge in [-0.15, -0.1) is 0 Å². The van der Waals surface area contributed by atoms with Crippen LogP contribution >= 0.6 is 0 Å². The van der Waals surface area contributed by atoms with Crippen molar-refractivity contribution < 1.29 is 9.53 Å². The van der Waals surface area contributed by atoms with E-state index < -0.39 is 0 Å². The summed E-state index contributed by atoms with van der Waals surface area (Å²) >= 11 is 0. The fourth-order valence-corrected chi connectivity index (χ4v) is 1.94. The summed E-state index contributed by atoms with van der Waals surface area (Å²) in [5.41, 5.74) is 2.20. The molecule has 0 aliphatic carbocycles. The Hall–Kier alpha value is -2.56. The largest absolute Gasteiger partial charge is 0.492 e. The number of hydrogen-bond donors (Lipinski definition) is 2. The van der Waals surface area contributed by atoms with Gasteiger partial charge in [-0.2, -0.15) is 0 Å². The van der Waals surface area contributed by atoms with Crippen LogP contribution in [0.3, 0.4) is 0 Å². The molecule has 116 valence electrons. The van der Waals surface area contributed by atoms with Gasteiger partial charge in [0.15, 0.2) is 0 Å². The van der Waals surface area contributed by atoms with Crippen molar-refractivity contribution in [3.63, 3.8) is 0 Å². The highest BCUT2D eigenvalue weighted by Crippen LogP contribution is 2.13. The van der Waals surface area contributed by atoms with E-state index in [-0.39, 0.29) is 6.03 Å². The highest BCUT2D eigenvalue weighted by Gasteiger charge is 2.00. The molecule has 5 heteroatoms. The minimum Gasteiger partial charge on any atom is -0.492 e. The van der Waals surface area contributed by atoms with Crippen LogP contribution < -0.4 is 15.4 Å². The maximum absolute atomic E-state index is 11.6. The molecule has 0 aliphatic heterocycles. The number of ether oxygens (including phenoxy) is 1. The van der Waals surface area contributed by atoms with Crippen LogP contribution in [0.25, 0.3) is 0 Å². The number of benzene rings is 1. The average Bonchev–Trinajstić information content (AvgIpc) is 2.58. The van der Waals surface area contributed by atoms with E-state index in [4.69, 9.17) is 4.74 Å². The van der Waals surface area contributed by atoms with Crippen LogP contribution in [0.1, 0.15) is 18.1 Å². The van der Waals surface area contributed by atoms with Crippen LogP contribution in [-0.2, 0) is 13.0 Å². The number of nitrogens with one attached hydrogen (secondary N) is 2. The molecule has 1 heterocycles. The van der Waals surface area contributed by atoms with Crippen LogP contribution in [0.4, 0.5) is 4.79 Å². The normalized spacial score (nSPS) is 10.0. The first kappa shape index (κ1) is 15.8. The van der Waals surface area contributed by atoms with Gasteiger partial charge in [-0.05, 0) is 35.7 Å². The van der Waals surface area contributed by atoms with Crippen molar-refractivity contribution in [2.45, 2.75) is 19.9 Å². The summed E-state index contributed by atoms with van der Waals surface area (Å²) in [4.78, 5) is 15.6. The molecule has 0 spiro atoms. The fraction of sp³-hybridized carbons (Fsp3) is 0.294. The molecule has 0 unspecified atom stereocenters. The zero-order valence-electron chi connectivity index (χ0n) is 12.7. The lowest BCUT2D eigenvalue weighted by atomic mass is 10.2. The van der Waals surface area contributed by atoms with Gasteiger partial charge in [-0.1, -0.05) is 25.1 Å². The summed E-state index contributed by atoms with van der Waals surface area (Å²) in [5.74, 6) is 0.830. The van der Waals surface area contributed by atoms with Gasteiger partial charge in [0.1, 0.15) is 12.4 Å². The van der Waals surface area contributed by atoms with Gasteiger partial charge in [0, 0.05) is 18.9 Å². The monoisotopic (exact) mass is 299 g/mol. The number of nitrogens with zero attached hydrogens (tertiary/aromatic N) is 1. The summed E-state index contributed by atoms with van der Waals surface area (Å²) in [6, 6.07) is 11.5. The average molecular weight is 299 g/mol. The molecule has 2 amide bonds. The van der Waals surface area contributed by atoms with E-state index in [2.05, 4.69) is 28.6 Å². The zero-order chi connectivity index (χ0) is 15.6. The second-order valence-corrected chi connectivity index (χ2v) is 4.82. The first-order chi connectivity index (χ1) is 10.8. The van der Waals surface area contributed by atoms with Crippen molar-refractivity contribution in [2.24, 2.45) is 0 Å². The Labute approximate surface area is 130 Å². The van der Waals surface area contributed by atoms with E-state index in [0.29, 0.717) is 19.7 Å². The van der Waals surface area contributed by atoms with Gasteiger partial charge in [-0.3, -0.25) is 4.98 Å². The number of carbonyl (C=O) groups excluding carboxylic acids is 1. The summed E-state index contributed by atoms with van der Waals surface area (Å²) in [5, 5.41) is 5.53. The Bertz CT molecular complexity index is 587. The maximum atomic E-state index is 11.6. The minimum absolute atomic E-state index is 0.213. The smallest absolute Gasteiger partial charge is 0.315 e. The third-order valence-electron chi connectivity index (χ3n) is 3.14. The standard InChI is InChI=1S/C17H21N3O2/c1-2-14-5-3-7-16(11-14)22-10-9-19-17(21)20-13-15-6-4-8-18-12-15/h3-8,11-12H,2,9-10,13H2,1H3,(H2,19,20,21). The topological polar surface area (TPSA) is 63.2 Å². The highest BCUT2D eigenvalue weighted by molar-refractivity contribution is 5.73. The molecule has 22 heavy (non-hydrogen) atoms. The lowest BCUT2D eigenvalue weighted by molar-refractivity contribution is 0.236. The van der Waals surface area contributed by atoms with Gasteiger partial charge in [0.25, 0.3) is 0 Å². The summed E-state index contributed by atoms with van der Waals surface area (Å²) in [7, 11) is 0. The number of pyridine rings is 1. The molecule has 0 saturated carbocycles. The molecule has 0 saturated heterocycles. The van der Waals surface area contributed by atoms with E-state index in [9.17, 15) is 4.79 Å². The van der Waals surface area contributed by atoms with Crippen molar-refractivity contribution in [2.75, 3.05) is 13.2 Å². The quantitative estimate of drug-likeness (QED) is 0.772. The molecule has 2 rings (SSSR count). The lowest BCUT2D eigenvalue weighted by Crippen LogP contribution is -2.37. The molecule has 0 fully saturated rings. The lowest BCUT2D eigenvalue weighted by Gasteiger charge is -2.09. The Balaban J connectivity index is 1.62. The molecule has 0 atom stereocenters. The van der Waals surface area contributed by atoms with Gasteiger partial charge in [-0.25, -0.2) is 4.79 Å². The SMILES string of the molecule is CCc1cccc(OCCNC(=O)NCc2cccnc2)c1. The van der Waals surface area contributed by atoms with E-state index in [0.717, 1.165) is 17.7 Å². The van der Waals surface area contributed by atoms with Crippen molar-refractivity contribution in [1.29, 1.82) is 0 Å². The highest BCUT2D eigenvalue weighted by atomic mass is 16.5. The number of aromatic nitrogens is 1. The summed E-state index contributed by atoms with van der Waals surface area (Å²) in [6.07, 6.45) is 4.41.